The predicted molar refractivity (Wildman–Crippen MR) is 109 cm³/mol. The number of thiazole rings is 1. The summed E-state index contributed by atoms with van der Waals surface area (Å²) in [5.74, 6) is -0.00847. The Labute approximate surface area is 166 Å². The minimum atomic E-state index is -0.352. The van der Waals surface area contributed by atoms with E-state index >= 15 is 0 Å². The van der Waals surface area contributed by atoms with Crippen LogP contribution in [-0.4, -0.2) is 16.8 Å². The molecule has 0 fully saturated rings. The van der Waals surface area contributed by atoms with Crippen molar-refractivity contribution in [3.8, 4) is 0 Å². The molecule has 0 unspecified atom stereocenters. The Kier molecular flexibility index (Phi) is 6.26. The predicted octanol–water partition coefficient (Wildman–Crippen LogP) is 4.13. The number of carbonyl (C=O) groups is 2. The zero-order chi connectivity index (χ0) is 19.2. The first kappa shape index (κ1) is 19.1. The zero-order valence-electron chi connectivity index (χ0n) is 15.0. The molecule has 0 radical (unpaired) electrons. The highest BCUT2D eigenvalue weighted by atomic mass is 32.2. The maximum atomic E-state index is 12.5. The Balaban J connectivity index is 1.64. The number of hydrogen-bond acceptors (Lipinski definition) is 5. The van der Waals surface area contributed by atoms with Crippen LogP contribution in [-0.2, 0) is 5.75 Å². The molecular weight excluding hydrogens is 378 g/mol. The van der Waals surface area contributed by atoms with Crippen LogP contribution in [0.2, 0.25) is 0 Å². The number of amides is 2. The summed E-state index contributed by atoms with van der Waals surface area (Å²) in [5.41, 5.74) is 10.8. The Morgan fingerprint density at radius 1 is 1.04 bits per heavy atom. The van der Waals surface area contributed by atoms with Crippen molar-refractivity contribution in [2.75, 3.05) is 0 Å². The van der Waals surface area contributed by atoms with Crippen molar-refractivity contribution in [2.45, 2.75) is 24.5 Å². The van der Waals surface area contributed by atoms with Crippen molar-refractivity contribution in [1.82, 2.24) is 15.8 Å². The highest BCUT2D eigenvalue weighted by molar-refractivity contribution is 7.98. The average Bonchev–Trinajstić information content (AvgIpc) is 3.18. The number of nitrogens with one attached hydrogen (secondary N) is 2. The number of hydrazine groups is 1. The zero-order valence-corrected chi connectivity index (χ0v) is 16.6. The number of carbonyl (C=O) groups excluding carboxylic acids is 2. The smallest absolute Gasteiger partial charge is 0.267 e. The lowest BCUT2D eigenvalue weighted by Gasteiger charge is -2.12. The summed E-state index contributed by atoms with van der Waals surface area (Å²) < 4.78 is 0. The van der Waals surface area contributed by atoms with Crippen LogP contribution in [0.5, 0.6) is 0 Å². The Morgan fingerprint density at radius 2 is 1.78 bits per heavy atom. The summed E-state index contributed by atoms with van der Waals surface area (Å²) in [5, 5.41) is 1.99. The van der Waals surface area contributed by atoms with E-state index in [4.69, 9.17) is 0 Å². The molecule has 0 aliphatic heterocycles. The molecular formula is C20H19N3O2S2. The number of rotatable bonds is 5. The van der Waals surface area contributed by atoms with Gasteiger partial charge in [-0.25, -0.2) is 4.98 Å². The highest BCUT2D eigenvalue weighted by Crippen LogP contribution is 2.26. The molecule has 7 heteroatoms. The van der Waals surface area contributed by atoms with Gasteiger partial charge < -0.3 is 0 Å². The normalized spacial score (nSPS) is 10.4. The lowest BCUT2D eigenvalue weighted by molar-refractivity contribution is 0.0844. The van der Waals surface area contributed by atoms with Crippen LogP contribution < -0.4 is 10.9 Å². The molecule has 2 aromatic carbocycles. The largest absolute Gasteiger partial charge is 0.270 e. The summed E-state index contributed by atoms with van der Waals surface area (Å²) in [6.45, 7) is 3.84. The molecule has 0 aliphatic carbocycles. The van der Waals surface area contributed by atoms with Gasteiger partial charge in [-0.3, -0.25) is 20.4 Å². The molecule has 2 N–H and O–H groups in total. The van der Waals surface area contributed by atoms with Crippen LogP contribution in [0.25, 0.3) is 0 Å². The van der Waals surface area contributed by atoms with Crippen LogP contribution in [0.3, 0.4) is 0 Å². The molecule has 5 nitrogen and oxygen atoms in total. The molecule has 1 heterocycles. The fourth-order valence-electron chi connectivity index (χ4n) is 2.56. The van der Waals surface area contributed by atoms with Gasteiger partial charge >= 0.3 is 0 Å². The molecule has 3 rings (SSSR count). The number of aryl methyl sites for hydroxylation is 2. The van der Waals surface area contributed by atoms with E-state index in [9.17, 15) is 9.59 Å². The summed E-state index contributed by atoms with van der Waals surface area (Å²) in [6, 6.07) is 12.9. The second-order valence-corrected chi connectivity index (χ2v) is 7.73. The molecule has 3 aromatic rings. The monoisotopic (exact) mass is 397 g/mol. The van der Waals surface area contributed by atoms with Gasteiger partial charge in [-0.2, -0.15) is 0 Å². The second kappa shape index (κ2) is 8.83. The Bertz CT molecular complexity index is 956. The quantitative estimate of drug-likeness (QED) is 0.502. The molecule has 27 heavy (non-hydrogen) atoms. The highest BCUT2D eigenvalue weighted by Gasteiger charge is 2.14. The van der Waals surface area contributed by atoms with Gasteiger partial charge in [-0.15, -0.1) is 23.1 Å². The maximum absolute atomic E-state index is 12.5. The molecule has 0 aliphatic rings. The molecule has 1 aromatic heterocycles. The van der Waals surface area contributed by atoms with Crippen molar-refractivity contribution >= 4 is 34.9 Å². The number of thioether (sulfide) groups is 1. The van der Waals surface area contributed by atoms with Crippen molar-refractivity contribution in [3.63, 3.8) is 0 Å². The summed E-state index contributed by atoms with van der Waals surface area (Å²) >= 11 is 3.08. The van der Waals surface area contributed by atoms with E-state index < -0.39 is 0 Å². The number of hydrogen-bond donors (Lipinski definition) is 2. The molecule has 2 amide bonds. The third-order valence-corrected chi connectivity index (χ3v) is 5.65. The van der Waals surface area contributed by atoms with Crippen molar-refractivity contribution < 1.29 is 9.59 Å². The number of aromatic nitrogens is 1. The van der Waals surface area contributed by atoms with Gasteiger partial charge in [0.2, 0.25) is 0 Å². The lowest BCUT2D eigenvalue weighted by Crippen LogP contribution is -2.42. The molecule has 0 saturated carbocycles. The van der Waals surface area contributed by atoms with Crippen molar-refractivity contribution in [3.05, 3.63) is 81.3 Å². The third-order valence-electron chi connectivity index (χ3n) is 3.91. The Morgan fingerprint density at radius 3 is 2.48 bits per heavy atom. The molecule has 0 atom stereocenters. The third kappa shape index (κ3) is 4.96. The van der Waals surface area contributed by atoms with E-state index in [1.165, 1.54) is 11.8 Å². The van der Waals surface area contributed by atoms with Crippen molar-refractivity contribution in [2.24, 2.45) is 0 Å². The van der Waals surface area contributed by atoms with Gasteiger partial charge in [-0.05, 0) is 37.6 Å². The molecule has 138 valence electrons. The minimum Gasteiger partial charge on any atom is -0.267 e. The average molecular weight is 398 g/mol. The first-order valence-corrected chi connectivity index (χ1v) is 10.2. The van der Waals surface area contributed by atoms with Crippen LogP contribution in [0.1, 0.15) is 37.5 Å². The lowest BCUT2D eigenvalue weighted by atomic mass is 10.1. The van der Waals surface area contributed by atoms with Gasteiger partial charge in [0.15, 0.2) is 0 Å². The van der Waals surface area contributed by atoms with Gasteiger partial charge in [-0.1, -0.05) is 29.8 Å². The van der Waals surface area contributed by atoms with Crippen molar-refractivity contribution in [1.29, 1.82) is 0 Å². The van der Waals surface area contributed by atoms with E-state index in [1.54, 1.807) is 35.0 Å². The van der Waals surface area contributed by atoms with Gasteiger partial charge in [0.1, 0.15) is 0 Å². The van der Waals surface area contributed by atoms with Crippen LogP contribution in [0, 0.1) is 13.8 Å². The number of nitrogens with zero attached hydrogens (tertiary/aromatic N) is 1. The minimum absolute atomic E-state index is 0.339. The molecule has 0 spiro atoms. The fourth-order valence-corrected chi connectivity index (χ4v) is 4.17. The van der Waals surface area contributed by atoms with Crippen LogP contribution in [0.4, 0.5) is 0 Å². The van der Waals surface area contributed by atoms with Gasteiger partial charge in [0, 0.05) is 21.6 Å². The molecule has 0 saturated heterocycles. The molecule has 0 bridgehead atoms. The Hall–Kier alpha value is -2.64. The second-order valence-electron chi connectivity index (χ2n) is 5.99. The van der Waals surface area contributed by atoms with Crippen LogP contribution >= 0.6 is 23.1 Å². The van der Waals surface area contributed by atoms with E-state index in [-0.39, 0.29) is 11.8 Å². The summed E-state index contributed by atoms with van der Waals surface area (Å²) in [4.78, 5) is 30.0. The maximum Gasteiger partial charge on any atom is 0.270 e. The van der Waals surface area contributed by atoms with E-state index in [2.05, 4.69) is 15.8 Å². The number of benzene rings is 2. The summed E-state index contributed by atoms with van der Waals surface area (Å²) in [6.07, 6.45) is 0. The fraction of sp³-hybridized carbons (Fsp3) is 0.150. The van der Waals surface area contributed by atoms with E-state index in [0.717, 1.165) is 21.7 Å². The first-order valence-electron chi connectivity index (χ1n) is 8.31. The van der Waals surface area contributed by atoms with E-state index in [0.29, 0.717) is 16.9 Å². The van der Waals surface area contributed by atoms with Gasteiger partial charge in [0.25, 0.3) is 11.8 Å². The standard InChI is InChI=1S/C20H19N3O2S2/c1-13-7-8-16(14(2)9-13)19(24)22-23-20(25)17-5-3-4-6-18(17)27-11-15-10-26-12-21-15/h3-10,12H,11H2,1-2H3,(H,22,24)(H,23,25). The van der Waals surface area contributed by atoms with E-state index in [1.807, 2.05) is 43.5 Å². The topological polar surface area (TPSA) is 71.1 Å². The summed E-state index contributed by atoms with van der Waals surface area (Å²) in [7, 11) is 0. The van der Waals surface area contributed by atoms with Gasteiger partial charge in [0.05, 0.1) is 16.8 Å². The van der Waals surface area contributed by atoms with Crippen LogP contribution in [0.15, 0.2) is 58.3 Å². The first-order chi connectivity index (χ1) is 13.0. The SMILES string of the molecule is Cc1ccc(C(=O)NNC(=O)c2ccccc2SCc2cscn2)c(C)c1.